The van der Waals surface area contributed by atoms with Crippen molar-refractivity contribution >= 4 is 11.8 Å². The molecule has 0 saturated carbocycles. The number of rotatable bonds is 5. The molecule has 0 unspecified atom stereocenters. The Morgan fingerprint density at radius 2 is 1.90 bits per heavy atom. The average molecular weight is 310 g/mol. The van der Waals surface area contributed by atoms with Crippen LogP contribution in [-0.4, -0.2) is 73.6 Å². The largest absolute Gasteiger partial charge is 0.405 e. The highest BCUT2D eigenvalue weighted by molar-refractivity contribution is 5.85. The second-order valence-electron chi connectivity index (χ2n) is 5.26. The van der Waals surface area contributed by atoms with Crippen LogP contribution in [0.15, 0.2) is 0 Å². The van der Waals surface area contributed by atoms with Crippen LogP contribution in [0.3, 0.4) is 0 Å². The molecule has 9 heteroatoms. The highest BCUT2D eigenvalue weighted by Crippen LogP contribution is 2.12. The lowest BCUT2D eigenvalue weighted by Crippen LogP contribution is -2.47. The summed E-state index contributed by atoms with van der Waals surface area (Å²) < 4.78 is 35.8. The van der Waals surface area contributed by atoms with Gasteiger partial charge < -0.3 is 16.0 Å². The number of hydrogen-bond donors (Lipinski definition) is 2. The van der Waals surface area contributed by atoms with E-state index in [0.29, 0.717) is 13.1 Å². The molecule has 0 aromatic carbocycles. The molecule has 2 amide bonds. The molecule has 1 rings (SSSR count). The van der Waals surface area contributed by atoms with Crippen molar-refractivity contribution in [3.63, 3.8) is 0 Å². The van der Waals surface area contributed by atoms with Crippen molar-refractivity contribution in [2.24, 2.45) is 5.73 Å². The van der Waals surface area contributed by atoms with Gasteiger partial charge in [0.15, 0.2) is 0 Å². The van der Waals surface area contributed by atoms with E-state index in [1.54, 1.807) is 5.32 Å². The molecule has 1 fully saturated rings. The third-order valence-corrected chi connectivity index (χ3v) is 3.28. The predicted molar refractivity (Wildman–Crippen MR) is 70.4 cm³/mol. The quantitative estimate of drug-likeness (QED) is 0.721. The molecule has 3 N–H and O–H groups in total. The number of carbonyl (C=O) groups excluding carboxylic acids is 2. The number of likely N-dealkylation sites (tertiary alicyclic amines) is 1. The van der Waals surface area contributed by atoms with Crippen LogP contribution in [0.5, 0.6) is 0 Å². The van der Waals surface area contributed by atoms with Gasteiger partial charge in [0.1, 0.15) is 6.54 Å². The molecule has 0 atom stereocenters. The number of nitrogens with zero attached hydrogens (tertiary/aromatic N) is 2. The molecule has 0 aromatic heterocycles. The van der Waals surface area contributed by atoms with E-state index in [0.717, 1.165) is 17.7 Å². The molecule has 21 heavy (non-hydrogen) atoms. The van der Waals surface area contributed by atoms with Crippen LogP contribution in [0.1, 0.15) is 12.8 Å². The second-order valence-corrected chi connectivity index (χ2v) is 5.26. The fourth-order valence-electron chi connectivity index (χ4n) is 1.98. The maximum Gasteiger partial charge on any atom is 0.405 e. The predicted octanol–water partition coefficient (Wildman–Crippen LogP) is -0.454. The van der Waals surface area contributed by atoms with Gasteiger partial charge in [0.25, 0.3) is 0 Å². The smallest absolute Gasteiger partial charge is 0.345 e. The molecular formula is C12H21F3N4O2. The van der Waals surface area contributed by atoms with Crippen molar-refractivity contribution in [1.82, 2.24) is 15.1 Å². The van der Waals surface area contributed by atoms with Crippen LogP contribution in [0.4, 0.5) is 13.2 Å². The van der Waals surface area contributed by atoms with Gasteiger partial charge in [-0.1, -0.05) is 0 Å². The van der Waals surface area contributed by atoms with Crippen LogP contribution in [-0.2, 0) is 9.59 Å². The summed E-state index contributed by atoms with van der Waals surface area (Å²) in [7, 11) is 1.39. The van der Waals surface area contributed by atoms with Gasteiger partial charge in [-0.15, -0.1) is 0 Å². The fraction of sp³-hybridized carbons (Fsp3) is 0.833. The Balaban J connectivity index is 2.29. The minimum atomic E-state index is -4.45. The maximum absolute atomic E-state index is 11.9. The molecule has 1 aliphatic rings. The standard InChI is InChI=1S/C12H21F3N4O2/c1-18(6-10(20)17-8-12(13,14)15)11(21)7-19-4-2-9(16)3-5-19/h9H,2-8,16H2,1H3,(H,17,20). The Labute approximate surface area is 121 Å². The van der Waals surface area contributed by atoms with E-state index in [4.69, 9.17) is 5.73 Å². The van der Waals surface area contributed by atoms with Gasteiger partial charge in [0, 0.05) is 26.2 Å². The molecule has 1 heterocycles. The summed E-state index contributed by atoms with van der Waals surface area (Å²) in [4.78, 5) is 26.2. The maximum atomic E-state index is 11.9. The van der Waals surface area contributed by atoms with E-state index in [-0.39, 0.29) is 25.0 Å². The Kier molecular flexibility index (Phi) is 6.41. The van der Waals surface area contributed by atoms with E-state index in [9.17, 15) is 22.8 Å². The van der Waals surface area contributed by atoms with Crippen molar-refractivity contribution in [3.05, 3.63) is 0 Å². The first-order chi connectivity index (χ1) is 9.67. The Morgan fingerprint density at radius 1 is 1.33 bits per heavy atom. The summed E-state index contributed by atoms with van der Waals surface area (Å²) >= 11 is 0. The van der Waals surface area contributed by atoms with Gasteiger partial charge in [-0.2, -0.15) is 13.2 Å². The Morgan fingerprint density at radius 3 is 2.43 bits per heavy atom. The second kappa shape index (κ2) is 7.60. The van der Waals surface area contributed by atoms with Crippen LogP contribution < -0.4 is 11.1 Å². The number of halogens is 3. The van der Waals surface area contributed by atoms with Crippen molar-refractivity contribution in [1.29, 1.82) is 0 Å². The summed E-state index contributed by atoms with van der Waals surface area (Å²) in [6.45, 7) is -0.210. The molecule has 1 saturated heterocycles. The number of amides is 2. The molecule has 0 bridgehead atoms. The number of alkyl halides is 3. The van der Waals surface area contributed by atoms with E-state index in [2.05, 4.69) is 0 Å². The van der Waals surface area contributed by atoms with Crippen LogP contribution in [0.25, 0.3) is 0 Å². The molecule has 0 aliphatic carbocycles. The van der Waals surface area contributed by atoms with Crippen molar-refractivity contribution < 1.29 is 22.8 Å². The van der Waals surface area contributed by atoms with Gasteiger partial charge in [-0.3, -0.25) is 14.5 Å². The van der Waals surface area contributed by atoms with Crippen LogP contribution in [0, 0.1) is 0 Å². The summed E-state index contributed by atoms with van der Waals surface area (Å²) in [5, 5.41) is 1.73. The van der Waals surface area contributed by atoms with E-state index in [1.807, 2.05) is 4.90 Å². The van der Waals surface area contributed by atoms with Crippen molar-refractivity contribution in [2.45, 2.75) is 25.1 Å². The average Bonchev–Trinajstić information content (AvgIpc) is 2.38. The van der Waals surface area contributed by atoms with E-state index >= 15 is 0 Å². The van der Waals surface area contributed by atoms with E-state index < -0.39 is 18.6 Å². The molecule has 6 nitrogen and oxygen atoms in total. The highest BCUT2D eigenvalue weighted by Gasteiger charge is 2.28. The third-order valence-electron chi connectivity index (χ3n) is 3.28. The minimum Gasteiger partial charge on any atom is -0.345 e. The number of nitrogens with two attached hydrogens (primary N) is 1. The number of carbonyl (C=O) groups is 2. The monoisotopic (exact) mass is 310 g/mol. The molecule has 0 radical (unpaired) electrons. The summed E-state index contributed by atoms with van der Waals surface area (Å²) in [5.74, 6) is -1.13. The SMILES string of the molecule is CN(CC(=O)NCC(F)(F)F)C(=O)CN1CCC(N)CC1. The number of nitrogens with one attached hydrogen (secondary N) is 1. The van der Waals surface area contributed by atoms with Gasteiger partial charge in [0.05, 0.1) is 13.1 Å². The molecule has 122 valence electrons. The zero-order chi connectivity index (χ0) is 16.0. The Hall–Kier alpha value is -1.35. The molecule has 0 spiro atoms. The molecule has 1 aliphatic heterocycles. The summed E-state index contributed by atoms with van der Waals surface area (Å²) in [6.07, 6.45) is -2.84. The lowest BCUT2D eigenvalue weighted by molar-refractivity contribution is -0.142. The number of hydrogen-bond acceptors (Lipinski definition) is 4. The van der Waals surface area contributed by atoms with E-state index in [1.165, 1.54) is 7.05 Å². The number of likely N-dealkylation sites (N-methyl/N-ethyl adjacent to an activating group) is 1. The third kappa shape index (κ3) is 7.28. The zero-order valence-corrected chi connectivity index (χ0v) is 11.9. The number of piperidine rings is 1. The minimum absolute atomic E-state index is 0.149. The lowest BCUT2D eigenvalue weighted by atomic mass is 10.1. The van der Waals surface area contributed by atoms with Crippen LogP contribution >= 0.6 is 0 Å². The first-order valence-electron chi connectivity index (χ1n) is 6.72. The zero-order valence-electron chi connectivity index (χ0n) is 11.9. The van der Waals surface area contributed by atoms with Gasteiger partial charge in [-0.05, 0) is 12.8 Å². The topological polar surface area (TPSA) is 78.7 Å². The van der Waals surface area contributed by atoms with Gasteiger partial charge >= 0.3 is 6.18 Å². The first kappa shape index (κ1) is 17.7. The van der Waals surface area contributed by atoms with Gasteiger partial charge in [0.2, 0.25) is 11.8 Å². The van der Waals surface area contributed by atoms with Crippen molar-refractivity contribution in [2.75, 3.05) is 39.8 Å². The fourth-order valence-corrected chi connectivity index (χ4v) is 1.98. The van der Waals surface area contributed by atoms with Gasteiger partial charge in [-0.25, -0.2) is 0 Å². The van der Waals surface area contributed by atoms with Crippen molar-refractivity contribution in [3.8, 4) is 0 Å². The summed E-state index contributed by atoms with van der Waals surface area (Å²) in [6, 6.07) is 0.155. The first-order valence-corrected chi connectivity index (χ1v) is 6.72. The Bertz CT molecular complexity index is 368. The van der Waals surface area contributed by atoms with Crippen LogP contribution in [0.2, 0.25) is 0 Å². The summed E-state index contributed by atoms with van der Waals surface area (Å²) in [5.41, 5.74) is 5.76. The molecule has 0 aromatic rings. The highest BCUT2D eigenvalue weighted by atomic mass is 19.4. The lowest BCUT2D eigenvalue weighted by Gasteiger charge is -2.30. The molecular weight excluding hydrogens is 289 g/mol. The normalized spacial score (nSPS) is 17.6.